The summed E-state index contributed by atoms with van der Waals surface area (Å²) in [4.78, 5) is 17.1. The van der Waals surface area contributed by atoms with E-state index in [0.29, 0.717) is 41.7 Å². The minimum absolute atomic E-state index is 0.210. The molecule has 3 aromatic rings. The van der Waals surface area contributed by atoms with Gasteiger partial charge in [-0.1, -0.05) is 6.07 Å². The molecule has 0 fully saturated rings. The summed E-state index contributed by atoms with van der Waals surface area (Å²) in [6.45, 7) is 2.42. The van der Waals surface area contributed by atoms with Crippen LogP contribution < -0.4 is 14.8 Å². The second-order valence-corrected chi connectivity index (χ2v) is 9.09. The number of ether oxygens (including phenoxy) is 2. The van der Waals surface area contributed by atoms with E-state index in [1.54, 1.807) is 36.5 Å². The third kappa shape index (κ3) is 4.28. The van der Waals surface area contributed by atoms with Crippen LogP contribution in [-0.4, -0.2) is 32.2 Å². The minimum Gasteiger partial charge on any atom is -0.493 e. The van der Waals surface area contributed by atoms with Crippen LogP contribution in [0.3, 0.4) is 0 Å². The van der Waals surface area contributed by atoms with Gasteiger partial charge in [0.25, 0.3) is 5.91 Å². The lowest BCUT2D eigenvalue weighted by Crippen LogP contribution is -2.13. The number of hydrogen-bond acceptors (Lipinski definition) is 6. The molecule has 0 radical (unpaired) electrons. The normalized spacial score (nSPS) is 12.7. The molecule has 1 N–H and O–H groups in total. The Bertz CT molecular complexity index is 1200. The Morgan fingerprint density at radius 2 is 1.90 bits per heavy atom. The van der Waals surface area contributed by atoms with Gasteiger partial charge >= 0.3 is 0 Å². The van der Waals surface area contributed by atoms with Crippen LogP contribution in [0.15, 0.2) is 59.6 Å². The highest BCUT2D eigenvalue weighted by molar-refractivity contribution is 7.90. The van der Waals surface area contributed by atoms with Crippen molar-refractivity contribution in [3.05, 3.63) is 71.4 Å². The van der Waals surface area contributed by atoms with Gasteiger partial charge in [0.05, 0.1) is 11.5 Å². The molecule has 8 heteroatoms. The quantitative estimate of drug-likeness (QED) is 0.670. The van der Waals surface area contributed by atoms with Crippen LogP contribution in [-0.2, 0) is 16.3 Å². The van der Waals surface area contributed by atoms with E-state index in [2.05, 4.69) is 10.3 Å². The average Bonchev–Trinajstić information content (AvgIpc) is 3.18. The molecule has 1 aliphatic heterocycles. The molecule has 0 spiro atoms. The van der Waals surface area contributed by atoms with Gasteiger partial charge in [0, 0.05) is 30.0 Å². The van der Waals surface area contributed by atoms with Crippen LogP contribution in [0, 0.1) is 6.92 Å². The van der Waals surface area contributed by atoms with E-state index >= 15 is 0 Å². The number of carbonyl (C=O) groups is 1. The fourth-order valence-corrected chi connectivity index (χ4v) is 3.72. The second kappa shape index (κ2) is 7.79. The molecule has 4 rings (SSSR count). The van der Waals surface area contributed by atoms with Crippen molar-refractivity contribution in [3.8, 4) is 17.2 Å². The number of fused-ring (bicyclic) bond motifs is 1. The number of pyridine rings is 1. The lowest BCUT2D eigenvalue weighted by atomic mass is 10.1. The van der Waals surface area contributed by atoms with Crippen LogP contribution in [0.5, 0.6) is 17.2 Å². The molecular weight excluding hydrogens is 404 g/mol. The van der Waals surface area contributed by atoms with Gasteiger partial charge in [0.2, 0.25) is 0 Å². The zero-order valence-electron chi connectivity index (χ0n) is 16.5. The van der Waals surface area contributed by atoms with Crippen molar-refractivity contribution in [2.45, 2.75) is 18.2 Å². The number of hydrogen-bond donors (Lipinski definition) is 1. The molecule has 1 aliphatic rings. The number of nitrogens with one attached hydrogen (secondary N) is 1. The monoisotopic (exact) mass is 424 g/mol. The molecule has 0 aliphatic carbocycles. The maximum absolute atomic E-state index is 12.7. The smallest absolute Gasteiger partial charge is 0.257 e. The van der Waals surface area contributed by atoms with E-state index in [-0.39, 0.29) is 10.8 Å². The number of aromatic nitrogens is 1. The SMILES string of the molecule is Cc1ccc(NC(=O)c2cc3c(c(Oc4ccc(S(C)(=O)=O)cc4)c2)CCO3)nc1. The van der Waals surface area contributed by atoms with E-state index < -0.39 is 9.84 Å². The Hall–Kier alpha value is -3.39. The van der Waals surface area contributed by atoms with E-state index in [1.165, 1.54) is 12.1 Å². The second-order valence-electron chi connectivity index (χ2n) is 7.07. The van der Waals surface area contributed by atoms with Gasteiger partial charge in [-0.3, -0.25) is 4.79 Å². The molecule has 1 aromatic heterocycles. The maximum atomic E-state index is 12.7. The summed E-state index contributed by atoms with van der Waals surface area (Å²) in [6, 6.07) is 13.1. The summed E-state index contributed by atoms with van der Waals surface area (Å²) < 4.78 is 34.9. The number of benzene rings is 2. The van der Waals surface area contributed by atoms with Gasteiger partial charge in [-0.2, -0.15) is 0 Å². The molecule has 0 bridgehead atoms. The summed E-state index contributed by atoms with van der Waals surface area (Å²) in [7, 11) is -3.29. The first kappa shape index (κ1) is 19.9. The van der Waals surface area contributed by atoms with E-state index in [1.807, 2.05) is 13.0 Å². The number of carbonyl (C=O) groups excluding carboxylic acids is 1. The Balaban J connectivity index is 1.61. The number of amides is 1. The Morgan fingerprint density at radius 1 is 1.13 bits per heavy atom. The number of rotatable bonds is 5. The van der Waals surface area contributed by atoms with E-state index in [9.17, 15) is 13.2 Å². The lowest BCUT2D eigenvalue weighted by Gasteiger charge is -2.13. The van der Waals surface area contributed by atoms with Crippen molar-refractivity contribution < 1.29 is 22.7 Å². The standard InChI is InChI=1S/C22H20N2O5S/c1-14-3-8-21(23-13-14)24-22(25)15-11-19-18(9-10-28-19)20(12-15)29-16-4-6-17(7-5-16)30(2,26)27/h3-8,11-13H,9-10H2,1-2H3,(H,23,24,25). The highest BCUT2D eigenvalue weighted by atomic mass is 32.2. The van der Waals surface area contributed by atoms with Crippen LogP contribution in [0.2, 0.25) is 0 Å². The van der Waals surface area contributed by atoms with Gasteiger partial charge in [0.1, 0.15) is 23.1 Å². The molecule has 0 saturated carbocycles. The highest BCUT2D eigenvalue weighted by Gasteiger charge is 2.22. The first-order valence-corrected chi connectivity index (χ1v) is 11.2. The highest BCUT2D eigenvalue weighted by Crippen LogP contribution is 2.37. The van der Waals surface area contributed by atoms with Crippen molar-refractivity contribution >= 4 is 21.6 Å². The van der Waals surface area contributed by atoms with Crippen molar-refractivity contribution in [1.29, 1.82) is 0 Å². The topological polar surface area (TPSA) is 94.6 Å². The van der Waals surface area contributed by atoms with Gasteiger partial charge < -0.3 is 14.8 Å². The first-order chi connectivity index (χ1) is 14.3. The largest absolute Gasteiger partial charge is 0.493 e. The third-order valence-corrected chi connectivity index (χ3v) is 5.80. The summed E-state index contributed by atoms with van der Waals surface area (Å²) >= 11 is 0. The average molecular weight is 424 g/mol. The predicted molar refractivity (Wildman–Crippen MR) is 112 cm³/mol. The molecule has 0 atom stereocenters. The predicted octanol–water partition coefficient (Wildman–Crippen LogP) is 3.77. The van der Waals surface area contributed by atoms with Crippen molar-refractivity contribution in [1.82, 2.24) is 4.98 Å². The Kier molecular flexibility index (Phi) is 5.17. The zero-order chi connectivity index (χ0) is 21.3. The molecule has 0 unspecified atom stereocenters. The van der Waals surface area contributed by atoms with Crippen LogP contribution in [0.1, 0.15) is 21.5 Å². The van der Waals surface area contributed by atoms with Gasteiger partial charge in [-0.15, -0.1) is 0 Å². The minimum atomic E-state index is -3.29. The number of aryl methyl sites for hydroxylation is 1. The van der Waals surface area contributed by atoms with Crippen LogP contribution in [0.4, 0.5) is 5.82 Å². The van der Waals surface area contributed by atoms with E-state index in [0.717, 1.165) is 17.4 Å². The lowest BCUT2D eigenvalue weighted by molar-refractivity contribution is 0.102. The molecular formula is C22H20N2O5S. The number of anilines is 1. The van der Waals surface area contributed by atoms with Crippen LogP contribution in [0.25, 0.3) is 0 Å². The number of nitrogens with zero attached hydrogens (tertiary/aromatic N) is 1. The summed E-state index contributed by atoms with van der Waals surface area (Å²) in [5.74, 6) is 1.68. The fourth-order valence-electron chi connectivity index (χ4n) is 3.09. The first-order valence-electron chi connectivity index (χ1n) is 9.31. The molecule has 154 valence electrons. The zero-order valence-corrected chi connectivity index (χ0v) is 17.3. The summed E-state index contributed by atoms with van der Waals surface area (Å²) in [5, 5.41) is 2.76. The maximum Gasteiger partial charge on any atom is 0.257 e. The molecule has 1 amide bonds. The van der Waals surface area contributed by atoms with E-state index in [4.69, 9.17) is 9.47 Å². The fraction of sp³-hybridized carbons (Fsp3) is 0.182. The molecule has 2 heterocycles. The molecule has 0 saturated heterocycles. The van der Waals surface area contributed by atoms with Gasteiger partial charge in [-0.25, -0.2) is 13.4 Å². The van der Waals surface area contributed by atoms with Crippen molar-refractivity contribution in [3.63, 3.8) is 0 Å². The third-order valence-electron chi connectivity index (χ3n) is 4.67. The Morgan fingerprint density at radius 3 is 2.57 bits per heavy atom. The van der Waals surface area contributed by atoms with Gasteiger partial charge in [-0.05, 0) is 55.0 Å². The van der Waals surface area contributed by atoms with Crippen molar-refractivity contribution in [2.24, 2.45) is 0 Å². The van der Waals surface area contributed by atoms with Gasteiger partial charge in [0.15, 0.2) is 9.84 Å². The summed E-state index contributed by atoms with van der Waals surface area (Å²) in [5.41, 5.74) is 2.24. The number of sulfone groups is 1. The Labute approximate surface area is 174 Å². The van der Waals surface area contributed by atoms with Crippen molar-refractivity contribution in [2.75, 3.05) is 18.2 Å². The molecule has 2 aromatic carbocycles. The molecule has 7 nitrogen and oxygen atoms in total. The van der Waals surface area contributed by atoms with Crippen LogP contribution >= 0.6 is 0 Å². The summed E-state index contributed by atoms with van der Waals surface area (Å²) in [6.07, 6.45) is 3.49. The molecule has 30 heavy (non-hydrogen) atoms.